The van der Waals surface area contributed by atoms with E-state index in [1.165, 1.54) is 30.2 Å². The number of ether oxygens (including phenoxy) is 1. The van der Waals surface area contributed by atoms with Crippen molar-refractivity contribution in [3.63, 3.8) is 0 Å². The third-order valence-electron chi connectivity index (χ3n) is 3.12. The Morgan fingerprint density at radius 1 is 1.30 bits per heavy atom. The smallest absolute Gasteiger partial charge is 0.328 e. The second-order valence-electron chi connectivity index (χ2n) is 4.54. The van der Waals surface area contributed by atoms with E-state index in [4.69, 9.17) is 23.2 Å². The van der Waals surface area contributed by atoms with Crippen molar-refractivity contribution in [3.8, 4) is 0 Å². The van der Waals surface area contributed by atoms with Crippen molar-refractivity contribution in [3.05, 3.63) is 33.8 Å². The van der Waals surface area contributed by atoms with Gasteiger partial charge in [0.15, 0.2) is 0 Å². The number of amides is 1. The van der Waals surface area contributed by atoms with Crippen LogP contribution in [0.1, 0.15) is 16.8 Å². The van der Waals surface area contributed by atoms with E-state index in [1.807, 2.05) is 0 Å². The zero-order valence-electron chi connectivity index (χ0n) is 10.7. The fourth-order valence-corrected chi connectivity index (χ4v) is 2.77. The Morgan fingerprint density at radius 2 is 1.90 bits per heavy atom. The summed E-state index contributed by atoms with van der Waals surface area (Å²) in [7, 11) is 1.24. The second kappa shape index (κ2) is 5.99. The highest BCUT2D eigenvalue weighted by atomic mass is 35.5. The Labute approximate surface area is 126 Å². The Bertz CT molecular complexity index is 529. The number of esters is 1. The minimum Gasteiger partial charge on any atom is -0.467 e. The summed E-state index contributed by atoms with van der Waals surface area (Å²) in [5.41, 5.74) is 0.269. The van der Waals surface area contributed by atoms with Gasteiger partial charge in [-0.15, -0.1) is 0 Å². The molecule has 0 radical (unpaired) electrons. The topological polar surface area (TPSA) is 66.8 Å². The van der Waals surface area contributed by atoms with Crippen molar-refractivity contribution in [2.45, 2.75) is 18.6 Å². The summed E-state index contributed by atoms with van der Waals surface area (Å²) >= 11 is 11.7. The number of hydrogen-bond acceptors (Lipinski definition) is 4. The number of carbonyl (C=O) groups excluding carboxylic acids is 2. The second-order valence-corrected chi connectivity index (χ2v) is 5.42. The number of carbonyl (C=O) groups is 2. The molecule has 1 fully saturated rings. The highest BCUT2D eigenvalue weighted by molar-refractivity contribution is 6.35. The average molecular weight is 318 g/mol. The number of halogens is 2. The Morgan fingerprint density at radius 3 is 2.45 bits per heavy atom. The number of aliphatic hydroxyl groups excluding tert-OH is 1. The molecule has 1 aliphatic heterocycles. The average Bonchev–Trinajstić information content (AvgIpc) is 2.78. The van der Waals surface area contributed by atoms with Gasteiger partial charge in [-0.2, -0.15) is 0 Å². The normalized spacial score (nSPS) is 21.9. The van der Waals surface area contributed by atoms with Gasteiger partial charge in [-0.3, -0.25) is 4.79 Å². The maximum atomic E-state index is 12.4. The van der Waals surface area contributed by atoms with Crippen LogP contribution in [0.5, 0.6) is 0 Å². The number of β-amino-alcohol motifs (C(OH)–C–C–N with tert-alkyl or cyclic N) is 1. The third kappa shape index (κ3) is 3.06. The van der Waals surface area contributed by atoms with E-state index in [1.54, 1.807) is 0 Å². The predicted octanol–water partition coefficient (Wildman–Crippen LogP) is 1.74. The Kier molecular flexibility index (Phi) is 4.52. The lowest BCUT2D eigenvalue weighted by atomic mass is 10.1. The molecular weight excluding hydrogens is 305 g/mol. The SMILES string of the molecule is COC(=O)C1CC(O)CN1C(=O)c1cc(Cl)cc(Cl)c1. The molecule has 1 heterocycles. The van der Waals surface area contributed by atoms with Gasteiger partial charge in [0, 0.05) is 28.6 Å². The van der Waals surface area contributed by atoms with E-state index in [0.717, 1.165) is 0 Å². The molecule has 0 saturated carbocycles. The first-order valence-electron chi connectivity index (χ1n) is 5.95. The molecular formula is C13H13Cl2NO4. The maximum absolute atomic E-state index is 12.4. The molecule has 0 aliphatic carbocycles. The molecule has 0 spiro atoms. The van der Waals surface area contributed by atoms with Crippen LogP contribution in [0.15, 0.2) is 18.2 Å². The van der Waals surface area contributed by atoms with E-state index in [-0.39, 0.29) is 18.5 Å². The number of hydrogen-bond donors (Lipinski definition) is 1. The van der Waals surface area contributed by atoms with Crippen LogP contribution in [0.25, 0.3) is 0 Å². The highest BCUT2D eigenvalue weighted by Gasteiger charge is 2.40. The highest BCUT2D eigenvalue weighted by Crippen LogP contribution is 2.25. The van der Waals surface area contributed by atoms with Crippen LogP contribution in [0, 0.1) is 0 Å². The van der Waals surface area contributed by atoms with Gasteiger partial charge in [0.1, 0.15) is 6.04 Å². The van der Waals surface area contributed by atoms with Gasteiger partial charge in [0.05, 0.1) is 13.2 Å². The number of likely N-dealkylation sites (tertiary alicyclic amines) is 1. The lowest BCUT2D eigenvalue weighted by molar-refractivity contribution is -0.145. The van der Waals surface area contributed by atoms with Crippen LogP contribution >= 0.6 is 23.2 Å². The molecule has 1 aromatic rings. The van der Waals surface area contributed by atoms with E-state index in [0.29, 0.717) is 10.0 Å². The van der Waals surface area contributed by atoms with E-state index < -0.39 is 24.0 Å². The first-order valence-corrected chi connectivity index (χ1v) is 6.71. The summed E-state index contributed by atoms with van der Waals surface area (Å²) < 4.78 is 4.65. The third-order valence-corrected chi connectivity index (χ3v) is 3.56. The van der Waals surface area contributed by atoms with Crippen LogP contribution in [0.4, 0.5) is 0 Å². The maximum Gasteiger partial charge on any atom is 0.328 e. The fraction of sp³-hybridized carbons (Fsp3) is 0.385. The molecule has 5 nitrogen and oxygen atoms in total. The number of benzene rings is 1. The minimum absolute atomic E-state index is 0.0722. The number of aliphatic hydroxyl groups is 1. The van der Waals surface area contributed by atoms with Gasteiger partial charge in [0.25, 0.3) is 5.91 Å². The first-order chi connectivity index (χ1) is 9.42. The standard InChI is InChI=1S/C13H13Cl2NO4/c1-20-13(19)11-5-10(17)6-16(11)12(18)7-2-8(14)4-9(15)3-7/h2-4,10-11,17H,5-6H2,1H3. The molecule has 7 heteroatoms. The summed E-state index contributed by atoms with van der Waals surface area (Å²) in [6.07, 6.45) is -0.593. The van der Waals surface area contributed by atoms with Crippen molar-refractivity contribution in [1.29, 1.82) is 0 Å². The van der Waals surface area contributed by atoms with E-state index in [2.05, 4.69) is 4.74 Å². The first kappa shape index (κ1) is 15.1. The minimum atomic E-state index is -0.791. The van der Waals surface area contributed by atoms with Gasteiger partial charge in [-0.1, -0.05) is 23.2 Å². The zero-order valence-corrected chi connectivity index (χ0v) is 12.2. The molecule has 1 amide bonds. The van der Waals surface area contributed by atoms with Crippen molar-refractivity contribution in [2.24, 2.45) is 0 Å². The summed E-state index contributed by atoms with van der Waals surface area (Å²) in [6.45, 7) is 0.0722. The predicted molar refractivity (Wildman–Crippen MR) is 73.9 cm³/mol. The largest absolute Gasteiger partial charge is 0.467 e. The lowest BCUT2D eigenvalue weighted by Crippen LogP contribution is -2.41. The van der Waals surface area contributed by atoms with Crippen LogP contribution in [-0.4, -0.2) is 47.7 Å². The lowest BCUT2D eigenvalue weighted by Gasteiger charge is -2.22. The monoisotopic (exact) mass is 317 g/mol. The Hall–Kier alpha value is -1.30. The molecule has 1 saturated heterocycles. The van der Waals surface area contributed by atoms with Gasteiger partial charge >= 0.3 is 5.97 Å². The van der Waals surface area contributed by atoms with E-state index in [9.17, 15) is 14.7 Å². The van der Waals surface area contributed by atoms with Gasteiger partial charge in [-0.05, 0) is 18.2 Å². The van der Waals surface area contributed by atoms with Crippen molar-refractivity contribution in [1.82, 2.24) is 4.90 Å². The number of methoxy groups -OCH3 is 1. The van der Waals surface area contributed by atoms with Crippen LogP contribution in [0.2, 0.25) is 10.0 Å². The number of rotatable bonds is 2. The summed E-state index contributed by atoms with van der Waals surface area (Å²) in [6, 6.07) is 3.65. The summed E-state index contributed by atoms with van der Waals surface area (Å²) in [5.74, 6) is -0.968. The molecule has 20 heavy (non-hydrogen) atoms. The van der Waals surface area contributed by atoms with Crippen LogP contribution < -0.4 is 0 Å². The molecule has 0 aromatic heterocycles. The summed E-state index contributed by atoms with van der Waals surface area (Å²) in [5, 5.41) is 10.3. The molecule has 108 valence electrons. The molecule has 1 aliphatic rings. The molecule has 0 bridgehead atoms. The molecule has 2 unspecified atom stereocenters. The molecule has 1 aromatic carbocycles. The molecule has 2 rings (SSSR count). The Balaban J connectivity index is 2.28. The number of nitrogens with zero attached hydrogens (tertiary/aromatic N) is 1. The fourth-order valence-electron chi connectivity index (χ4n) is 2.24. The van der Waals surface area contributed by atoms with Crippen molar-refractivity contribution < 1.29 is 19.4 Å². The zero-order chi connectivity index (χ0) is 14.9. The van der Waals surface area contributed by atoms with Crippen LogP contribution in [-0.2, 0) is 9.53 Å². The van der Waals surface area contributed by atoms with E-state index >= 15 is 0 Å². The van der Waals surface area contributed by atoms with Gasteiger partial charge in [0.2, 0.25) is 0 Å². The van der Waals surface area contributed by atoms with Gasteiger partial charge in [-0.25, -0.2) is 4.79 Å². The summed E-state index contributed by atoms with van der Waals surface area (Å²) in [4.78, 5) is 25.4. The molecule has 2 atom stereocenters. The quantitative estimate of drug-likeness (QED) is 0.844. The van der Waals surface area contributed by atoms with Crippen molar-refractivity contribution >= 4 is 35.1 Å². The van der Waals surface area contributed by atoms with Crippen LogP contribution in [0.3, 0.4) is 0 Å². The van der Waals surface area contributed by atoms with Crippen molar-refractivity contribution in [2.75, 3.05) is 13.7 Å². The molecule has 1 N–H and O–H groups in total. The van der Waals surface area contributed by atoms with Gasteiger partial charge < -0.3 is 14.7 Å².